The molecule has 0 aromatic carbocycles. The summed E-state index contributed by atoms with van der Waals surface area (Å²) in [6.45, 7) is 17.9. The maximum Gasteiger partial charge on any atom is 0.191 e. The second-order valence-electron chi connectivity index (χ2n) is 8.72. The number of likely N-dealkylation sites (tertiary alicyclic amines) is 1. The zero-order chi connectivity index (χ0) is 20.1. The van der Waals surface area contributed by atoms with Crippen LogP contribution in [0, 0.1) is 17.3 Å². The van der Waals surface area contributed by atoms with Gasteiger partial charge in [-0.15, -0.1) is 0 Å². The quantitative estimate of drug-likeness (QED) is 0.275. The van der Waals surface area contributed by atoms with Gasteiger partial charge in [0.25, 0.3) is 0 Å². The standard InChI is InChI=1S/C22H46N4O/c1-6-22(7-2,11-14-27)18-25-21(23-8-3)24-12-9-10-13-26-16-19(4)15-20(5)17-26/h19-20,27H,6-18H2,1-5H3,(H2,23,24,25). The predicted octanol–water partition coefficient (Wildman–Crippen LogP) is 3.49. The van der Waals surface area contributed by atoms with Crippen LogP contribution in [0.2, 0.25) is 0 Å². The maximum atomic E-state index is 9.39. The van der Waals surface area contributed by atoms with E-state index < -0.39 is 0 Å². The van der Waals surface area contributed by atoms with Crippen molar-refractivity contribution in [1.29, 1.82) is 0 Å². The lowest BCUT2D eigenvalue weighted by Crippen LogP contribution is -2.40. The van der Waals surface area contributed by atoms with E-state index in [1.807, 2.05) is 0 Å². The van der Waals surface area contributed by atoms with Gasteiger partial charge in [-0.3, -0.25) is 4.99 Å². The van der Waals surface area contributed by atoms with E-state index in [0.29, 0.717) is 0 Å². The number of rotatable bonds is 12. The van der Waals surface area contributed by atoms with Crippen molar-refractivity contribution in [2.24, 2.45) is 22.2 Å². The fourth-order valence-electron chi connectivity index (χ4n) is 4.37. The van der Waals surface area contributed by atoms with Gasteiger partial charge in [0, 0.05) is 39.3 Å². The fourth-order valence-corrected chi connectivity index (χ4v) is 4.37. The molecule has 2 unspecified atom stereocenters. The van der Waals surface area contributed by atoms with Crippen molar-refractivity contribution in [2.75, 3.05) is 45.9 Å². The lowest BCUT2D eigenvalue weighted by atomic mass is 9.79. The number of aliphatic hydroxyl groups is 1. The van der Waals surface area contributed by atoms with Crippen molar-refractivity contribution in [3.05, 3.63) is 0 Å². The average molecular weight is 383 g/mol. The summed E-state index contributed by atoms with van der Waals surface area (Å²) in [5.74, 6) is 2.60. The highest BCUT2D eigenvalue weighted by atomic mass is 16.3. The van der Waals surface area contributed by atoms with E-state index in [-0.39, 0.29) is 12.0 Å². The molecule has 160 valence electrons. The molecule has 0 aliphatic carbocycles. The Kier molecular flexibility index (Phi) is 12.0. The SMILES string of the molecule is CCNC(=NCC(CC)(CC)CCO)NCCCCN1CC(C)CC(C)C1. The molecular weight excluding hydrogens is 336 g/mol. The van der Waals surface area contributed by atoms with Crippen molar-refractivity contribution < 1.29 is 5.11 Å². The summed E-state index contributed by atoms with van der Waals surface area (Å²) in [6, 6.07) is 0. The molecule has 2 atom stereocenters. The molecule has 3 N–H and O–H groups in total. The number of aliphatic hydroxyl groups excluding tert-OH is 1. The van der Waals surface area contributed by atoms with Crippen molar-refractivity contribution in [1.82, 2.24) is 15.5 Å². The first-order chi connectivity index (χ1) is 13.0. The van der Waals surface area contributed by atoms with Crippen LogP contribution in [-0.4, -0.2) is 61.8 Å². The van der Waals surface area contributed by atoms with E-state index in [1.54, 1.807) is 0 Å². The van der Waals surface area contributed by atoms with Gasteiger partial charge in [0.2, 0.25) is 0 Å². The molecule has 0 radical (unpaired) electrons. The number of guanidine groups is 1. The lowest BCUT2D eigenvalue weighted by Gasteiger charge is -2.35. The largest absolute Gasteiger partial charge is 0.396 e. The van der Waals surface area contributed by atoms with Gasteiger partial charge in [0.15, 0.2) is 5.96 Å². The van der Waals surface area contributed by atoms with Crippen LogP contribution in [0.1, 0.15) is 73.1 Å². The third-order valence-corrected chi connectivity index (χ3v) is 6.20. The Balaban J connectivity index is 2.37. The molecule has 0 saturated carbocycles. The third kappa shape index (κ3) is 9.29. The van der Waals surface area contributed by atoms with E-state index in [2.05, 4.69) is 50.2 Å². The smallest absolute Gasteiger partial charge is 0.191 e. The van der Waals surface area contributed by atoms with Crippen LogP contribution in [-0.2, 0) is 0 Å². The highest BCUT2D eigenvalue weighted by Gasteiger charge is 2.25. The molecule has 27 heavy (non-hydrogen) atoms. The zero-order valence-corrected chi connectivity index (χ0v) is 18.7. The molecule has 0 aromatic heterocycles. The van der Waals surface area contributed by atoms with Gasteiger partial charge < -0.3 is 20.6 Å². The Morgan fingerprint density at radius 2 is 1.74 bits per heavy atom. The van der Waals surface area contributed by atoms with Crippen LogP contribution >= 0.6 is 0 Å². The number of nitrogens with zero attached hydrogens (tertiary/aromatic N) is 2. The van der Waals surface area contributed by atoms with Crippen LogP contribution in [0.3, 0.4) is 0 Å². The minimum absolute atomic E-state index is 0.124. The van der Waals surface area contributed by atoms with Crippen LogP contribution in [0.15, 0.2) is 4.99 Å². The highest BCUT2D eigenvalue weighted by molar-refractivity contribution is 5.79. The molecule has 0 amide bonds. The highest BCUT2D eigenvalue weighted by Crippen LogP contribution is 2.30. The van der Waals surface area contributed by atoms with Crippen LogP contribution < -0.4 is 10.6 Å². The van der Waals surface area contributed by atoms with Crippen molar-refractivity contribution >= 4 is 5.96 Å². The van der Waals surface area contributed by atoms with Gasteiger partial charge in [-0.2, -0.15) is 0 Å². The molecule has 5 nitrogen and oxygen atoms in total. The van der Waals surface area contributed by atoms with E-state index in [1.165, 1.54) is 38.9 Å². The van der Waals surface area contributed by atoms with Crippen molar-refractivity contribution in [3.63, 3.8) is 0 Å². The average Bonchev–Trinajstić information content (AvgIpc) is 2.64. The second kappa shape index (κ2) is 13.4. The first kappa shape index (κ1) is 24.2. The van der Waals surface area contributed by atoms with Gasteiger partial charge in [-0.1, -0.05) is 27.7 Å². The van der Waals surface area contributed by atoms with Gasteiger partial charge in [0.1, 0.15) is 0 Å². The Labute approximate surface area is 168 Å². The van der Waals surface area contributed by atoms with Gasteiger partial charge in [-0.25, -0.2) is 0 Å². The third-order valence-electron chi connectivity index (χ3n) is 6.20. The number of aliphatic imine (C=N–C) groups is 1. The van der Waals surface area contributed by atoms with Gasteiger partial charge in [0.05, 0.1) is 0 Å². The predicted molar refractivity (Wildman–Crippen MR) is 117 cm³/mol. The number of piperidine rings is 1. The van der Waals surface area contributed by atoms with Crippen LogP contribution in [0.5, 0.6) is 0 Å². The molecule has 1 saturated heterocycles. The minimum Gasteiger partial charge on any atom is -0.396 e. The molecule has 1 heterocycles. The molecule has 0 aromatic rings. The Morgan fingerprint density at radius 1 is 1.07 bits per heavy atom. The minimum atomic E-state index is 0.124. The monoisotopic (exact) mass is 382 g/mol. The first-order valence-electron chi connectivity index (χ1n) is 11.3. The normalized spacial score (nSPS) is 22.1. The Hall–Kier alpha value is -0.810. The van der Waals surface area contributed by atoms with E-state index in [4.69, 9.17) is 4.99 Å². The molecular formula is C22H46N4O. The summed E-state index contributed by atoms with van der Waals surface area (Å²) in [5, 5.41) is 16.2. The summed E-state index contributed by atoms with van der Waals surface area (Å²) in [7, 11) is 0. The first-order valence-corrected chi connectivity index (χ1v) is 11.3. The van der Waals surface area contributed by atoms with E-state index >= 15 is 0 Å². The topological polar surface area (TPSA) is 59.9 Å². The van der Waals surface area contributed by atoms with Crippen molar-refractivity contribution in [2.45, 2.75) is 73.1 Å². The van der Waals surface area contributed by atoms with Gasteiger partial charge >= 0.3 is 0 Å². The second-order valence-corrected chi connectivity index (χ2v) is 8.72. The summed E-state index contributed by atoms with van der Waals surface area (Å²) < 4.78 is 0. The lowest BCUT2D eigenvalue weighted by molar-refractivity contribution is 0.139. The number of hydrogen-bond donors (Lipinski definition) is 3. The summed E-state index contributed by atoms with van der Waals surface area (Å²) >= 11 is 0. The molecule has 0 spiro atoms. The van der Waals surface area contributed by atoms with E-state index in [0.717, 1.165) is 56.7 Å². The molecule has 1 aliphatic heterocycles. The van der Waals surface area contributed by atoms with Crippen LogP contribution in [0.25, 0.3) is 0 Å². The zero-order valence-electron chi connectivity index (χ0n) is 18.7. The maximum absolute atomic E-state index is 9.39. The number of unbranched alkanes of at least 4 members (excludes halogenated alkanes) is 1. The van der Waals surface area contributed by atoms with Crippen LogP contribution in [0.4, 0.5) is 0 Å². The Morgan fingerprint density at radius 3 is 2.30 bits per heavy atom. The summed E-state index contributed by atoms with van der Waals surface area (Å²) in [5.41, 5.74) is 0.124. The Bertz CT molecular complexity index is 399. The molecule has 0 bridgehead atoms. The molecule has 1 aliphatic rings. The number of nitrogens with one attached hydrogen (secondary N) is 2. The molecule has 1 rings (SSSR count). The number of hydrogen-bond acceptors (Lipinski definition) is 3. The van der Waals surface area contributed by atoms with E-state index in [9.17, 15) is 5.11 Å². The molecule has 1 fully saturated rings. The van der Waals surface area contributed by atoms with Crippen molar-refractivity contribution in [3.8, 4) is 0 Å². The fraction of sp³-hybridized carbons (Fsp3) is 0.955. The summed E-state index contributed by atoms with van der Waals surface area (Å²) in [6.07, 6.45) is 6.74. The molecule has 5 heteroatoms. The van der Waals surface area contributed by atoms with Gasteiger partial charge in [-0.05, 0) is 69.2 Å². The summed E-state index contributed by atoms with van der Waals surface area (Å²) in [4.78, 5) is 7.47.